The zero-order chi connectivity index (χ0) is 18.8. The van der Waals surface area contributed by atoms with Gasteiger partial charge in [0.15, 0.2) is 0 Å². The average molecular weight is 350 g/mol. The Morgan fingerprint density at radius 3 is 2.12 bits per heavy atom. The summed E-state index contributed by atoms with van der Waals surface area (Å²) >= 11 is 0. The van der Waals surface area contributed by atoms with Gasteiger partial charge in [-0.3, -0.25) is 4.79 Å². The number of ether oxygens (including phenoxy) is 2. The second-order valence-electron chi connectivity index (χ2n) is 4.77. The Balaban J connectivity index is 3.29. The number of hydrogen-bond acceptors (Lipinski definition) is 5. The molecule has 0 amide bonds. The van der Waals surface area contributed by atoms with Crippen molar-refractivity contribution in [2.75, 3.05) is 13.2 Å². The Kier molecular flexibility index (Phi) is 8.05. The third kappa shape index (κ3) is 6.58. The lowest BCUT2D eigenvalue weighted by Crippen LogP contribution is -2.07. The van der Waals surface area contributed by atoms with Gasteiger partial charge in [0, 0.05) is 17.7 Å². The van der Waals surface area contributed by atoms with E-state index in [0.29, 0.717) is 5.56 Å². The largest absolute Gasteiger partial charge is 0.481 e. The van der Waals surface area contributed by atoms with E-state index in [-0.39, 0.29) is 24.3 Å². The first-order chi connectivity index (χ1) is 11.9. The summed E-state index contributed by atoms with van der Waals surface area (Å²) in [5.41, 5.74) is 0.412. The van der Waals surface area contributed by atoms with Gasteiger partial charge in [-0.2, -0.15) is 0 Å². The molecule has 0 unspecified atom stereocenters. The second kappa shape index (κ2) is 10.0. The van der Waals surface area contributed by atoms with Gasteiger partial charge in [-0.25, -0.2) is 14.0 Å². The number of esters is 2. The van der Waals surface area contributed by atoms with Crippen LogP contribution in [0.4, 0.5) is 4.39 Å². The predicted octanol–water partition coefficient (Wildman–Crippen LogP) is 2.61. The van der Waals surface area contributed by atoms with Crippen molar-refractivity contribution in [2.24, 2.45) is 0 Å². The first kappa shape index (κ1) is 20.1. The first-order valence-electron chi connectivity index (χ1n) is 7.61. The molecule has 0 aromatic heterocycles. The Morgan fingerprint density at radius 2 is 1.60 bits per heavy atom. The van der Waals surface area contributed by atoms with Crippen molar-refractivity contribution in [1.29, 1.82) is 0 Å². The highest BCUT2D eigenvalue weighted by molar-refractivity contribution is 5.90. The van der Waals surface area contributed by atoms with Crippen LogP contribution in [0.15, 0.2) is 24.3 Å². The number of benzene rings is 1. The highest BCUT2D eigenvalue weighted by atomic mass is 19.1. The van der Waals surface area contributed by atoms with Gasteiger partial charge in [-0.1, -0.05) is 6.07 Å². The van der Waals surface area contributed by atoms with Crippen LogP contribution in [0.2, 0.25) is 0 Å². The Labute approximate surface area is 144 Å². The van der Waals surface area contributed by atoms with E-state index in [2.05, 4.69) is 0 Å². The van der Waals surface area contributed by atoms with Gasteiger partial charge in [-0.15, -0.1) is 0 Å². The molecule has 0 bridgehead atoms. The maximum absolute atomic E-state index is 14.1. The lowest BCUT2D eigenvalue weighted by molar-refractivity contribution is -0.138. The minimum absolute atomic E-state index is 0.0542. The molecule has 0 spiro atoms. The fourth-order valence-corrected chi connectivity index (χ4v) is 2.03. The molecule has 7 heteroatoms. The van der Waals surface area contributed by atoms with Crippen molar-refractivity contribution >= 4 is 30.1 Å². The molecule has 1 aromatic rings. The van der Waals surface area contributed by atoms with Crippen LogP contribution in [0, 0.1) is 5.82 Å². The van der Waals surface area contributed by atoms with Crippen LogP contribution in [0.5, 0.6) is 0 Å². The number of hydrogen-bond donors (Lipinski definition) is 1. The van der Waals surface area contributed by atoms with Crippen LogP contribution < -0.4 is 0 Å². The first-order valence-corrected chi connectivity index (χ1v) is 7.61. The van der Waals surface area contributed by atoms with Gasteiger partial charge in [0.25, 0.3) is 0 Å². The smallest absolute Gasteiger partial charge is 0.330 e. The normalized spacial score (nSPS) is 11.0. The van der Waals surface area contributed by atoms with Crippen molar-refractivity contribution in [3.05, 3.63) is 46.8 Å². The molecule has 0 saturated heterocycles. The van der Waals surface area contributed by atoms with E-state index < -0.39 is 30.1 Å². The topological polar surface area (TPSA) is 89.9 Å². The van der Waals surface area contributed by atoms with Crippen molar-refractivity contribution in [3.8, 4) is 0 Å². The van der Waals surface area contributed by atoms with Gasteiger partial charge in [0.05, 0.1) is 19.6 Å². The van der Waals surface area contributed by atoms with Crippen molar-refractivity contribution < 1.29 is 33.4 Å². The summed E-state index contributed by atoms with van der Waals surface area (Å²) in [4.78, 5) is 33.9. The maximum atomic E-state index is 14.1. The number of rotatable bonds is 8. The molecule has 0 aliphatic rings. The van der Waals surface area contributed by atoms with E-state index >= 15 is 0 Å². The fourth-order valence-electron chi connectivity index (χ4n) is 2.03. The summed E-state index contributed by atoms with van der Waals surface area (Å²) in [7, 11) is 0. The minimum Gasteiger partial charge on any atom is -0.481 e. The van der Waals surface area contributed by atoms with Crippen molar-refractivity contribution in [3.63, 3.8) is 0 Å². The Bertz CT molecular complexity index is 706. The molecule has 134 valence electrons. The van der Waals surface area contributed by atoms with Gasteiger partial charge in [0.2, 0.25) is 0 Å². The van der Waals surface area contributed by atoms with Gasteiger partial charge in [0.1, 0.15) is 5.82 Å². The van der Waals surface area contributed by atoms with Crippen LogP contribution in [0.3, 0.4) is 0 Å². The molecule has 0 saturated carbocycles. The third-order valence-electron chi connectivity index (χ3n) is 3.03. The highest BCUT2D eigenvalue weighted by Gasteiger charge is 2.14. The third-order valence-corrected chi connectivity index (χ3v) is 3.03. The summed E-state index contributed by atoms with van der Waals surface area (Å²) in [5, 5.41) is 9.08. The van der Waals surface area contributed by atoms with Crippen LogP contribution in [-0.4, -0.2) is 36.2 Å². The molecule has 0 heterocycles. The predicted molar refractivity (Wildman–Crippen MR) is 89.1 cm³/mol. The minimum atomic E-state index is -1.18. The highest BCUT2D eigenvalue weighted by Crippen LogP contribution is 2.22. The monoisotopic (exact) mass is 350 g/mol. The average Bonchev–Trinajstić information content (AvgIpc) is 2.53. The summed E-state index contributed by atoms with van der Waals surface area (Å²) < 4.78 is 23.6. The number of carbonyl (C=O) groups is 3. The van der Waals surface area contributed by atoms with E-state index in [1.165, 1.54) is 12.1 Å². The van der Waals surface area contributed by atoms with Crippen LogP contribution in [0.1, 0.15) is 30.5 Å². The van der Waals surface area contributed by atoms with Crippen molar-refractivity contribution in [1.82, 2.24) is 0 Å². The summed E-state index contributed by atoms with van der Waals surface area (Å²) in [6, 6.07) is 2.48. The zero-order valence-corrected chi connectivity index (χ0v) is 14.0. The molecule has 0 aliphatic heterocycles. The molecule has 1 N–H and O–H groups in total. The SMILES string of the molecule is CCOC(=O)/C=C/c1ccc(F)c(/C=C/C(=O)OCC)c1CC(=O)O. The van der Waals surface area contributed by atoms with E-state index in [1.54, 1.807) is 13.8 Å². The van der Waals surface area contributed by atoms with Crippen LogP contribution >= 0.6 is 0 Å². The fraction of sp³-hybridized carbons (Fsp3) is 0.278. The standard InChI is InChI=1S/C18H19FO6/c1-3-24-17(22)9-6-12-5-8-15(19)13(14(12)11-16(20)21)7-10-18(23)25-4-2/h5-10H,3-4,11H2,1-2H3,(H,20,21)/b9-6+,10-7+. The van der Waals surface area contributed by atoms with E-state index in [1.807, 2.05) is 0 Å². The van der Waals surface area contributed by atoms with E-state index in [9.17, 15) is 18.8 Å². The number of halogens is 1. The molecule has 1 aromatic carbocycles. The van der Waals surface area contributed by atoms with Crippen LogP contribution in [0.25, 0.3) is 12.2 Å². The molecule has 0 radical (unpaired) electrons. The quantitative estimate of drug-likeness (QED) is 0.572. The van der Waals surface area contributed by atoms with Crippen LogP contribution in [-0.2, 0) is 30.3 Å². The Morgan fingerprint density at radius 1 is 1.04 bits per heavy atom. The molecule has 0 aliphatic carbocycles. The molecule has 0 atom stereocenters. The number of carbonyl (C=O) groups excluding carboxylic acids is 2. The molecule has 1 rings (SSSR count). The maximum Gasteiger partial charge on any atom is 0.330 e. The van der Waals surface area contributed by atoms with E-state index in [0.717, 1.165) is 24.3 Å². The number of carboxylic acids is 1. The van der Waals surface area contributed by atoms with E-state index in [4.69, 9.17) is 14.6 Å². The van der Waals surface area contributed by atoms with Gasteiger partial charge >= 0.3 is 17.9 Å². The molecule has 6 nitrogen and oxygen atoms in total. The second-order valence-corrected chi connectivity index (χ2v) is 4.77. The molecular formula is C18H19FO6. The lowest BCUT2D eigenvalue weighted by Gasteiger charge is -2.10. The van der Waals surface area contributed by atoms with Gasteiger partial charge < -0.3 is 14.6 Å². The molecule has 0 fully saturated rings. The lowest BCUT2D eigenvalue weighted by atomic mass is 9.96. The number of aliphatic carboxylic acids is 1. The van der Waals surface area contributed by atoms with Gasteiger partial charge in [-0.05, 0) is 43.2 Å². The summed E-state index contributed by atoms with van der Waals surface area (Å²) in [6.45, 7) is 3.64. The molecular weight excluding hydrogens is 331 g/mol. The summed E-state index contributed by atoms with van der Waals surface area (Å²) in [5.74, 6) is -3.14. The van der Waals surface area contributed by atoms with Crippen molar-refractivity contribution in [2.45, 2.75) is 20.3 Å². The summed E-state index contributed by atoms with van der Waals surface area (Å²) in [6.07, 6.45) is 4.17. The number of carboxylic acid groups (broad SMARTS) is 1. The Hall–Kier alpha value is -2.96. The molecule has 25 heavy (non-hydrogen) atoms. The zero-order valence-electron chi connectivity index (χ0n) is 14.0.